The van der Waals surface area contributed by atoms with E-state index in [2.05, 4.69) is 21.2 Å². The van der Waals surface area contributed by atoms with E-state index >= 15 is 0 Å². The molecule has 4 rings (SSSR count). The normalized spacial score (nSPS) is 11.6. The Kier molecular flexibility index (Phi) is 5.79. The maximum Gasteiger partial charge on any atom is 0.268 e. The number of benzene rings is 2. The first kappa shape index (κ1) is 22.0. The summed E-state index contributed by atoms with van der Waals surface area (Å²) in [6, 6.07) is 15.2. The van der Waals surface area contributed by atoms with E-state index in [0.717, 1.165) is 10.9 Å². The van der Waals surface area contributed by atoms with Crippen molar-refractivity contribution in [1.29, 1.82) is 0 Å². The predicted molar refractivity (Wildman–Crippen MR) is 127 cm³/mol. The summed E-state index contributed by atoms with van der Waals surface area (Å²) >= 11 is 3.34. The summed E-state index contributed by atoms with van der Waals surface area (Å²) in [5, 5.41) is 3.19. The number of nitrogens with zero attached hydrogens (tertiary/aromatic N) is 2. The molecule has 2 aromatic heterocycles. The van der Waals surface area contributed by atoms with Crippen LogP contribution in [0.25, 0.3) is 10.9 Å². The molecule has 0 aliphatic rings. The van der Waals surface area contributed by atoms with Gasteiger partial charge < -0.3 is 9.88 Å². The minimum Gasteiger partial charge on any atom is -0.355 e. The molecule has 0 bridgehead atoms. The van der Waals surface area contributed by atoms with E-state index in [9.17, 15) is 18.0 Å². The van der Waals surface area contributed by atoms with E-state index in [1.165, 1.54) is 27.9 Å². The number of pyridine rings is 1. The number of hydrogen-bond donors (Lipinski definition) is 1. The van der Waals surface area contributed by atoms with Gasteiger partial charge in [-0.25, -0.2) is 12.4 Å². The van der Waals surface area contributed by atoms with Crippen LogP contribution in [-0.2, 0) is 16.6 Å². The zero-order valence-electron chi connectivity index (χ0n) is 17.4. The van der Waals surface area contributed by atoms with E-state index in [-0.39, 0.29) is 17.0 Å². The molecule has 0 spiro atoms. The van der Waals surface area contributed by atoms with Crippen molar-refractivity contribution < 1.29 is 13.2 Å². The molecule has 9 heteroatoms. The number of rotatable bonds is 5. The van der Waals surface area contributed by atoms with E-state index in [0.29, 0.717) is 15.6 Å². The number of carbonyl (C=O) groups excluding carboxylic acids is 1. The molecule has 0 radical (unpaired) electrons. The van der Waals surface area contributed by atoms with Gasteiger partial charge in [0, 0.05) is 29.3 Å². The van der Waals surface area contributed by atoms with E-state index in [1.807, 2.05) is 19.1 Å². The molecule has 0 fully saturated rings. The molecule has 164 valence electrons. The lowest BCUT2D eigenvalue weighted by Gasteiger charge is -2.13. The predicted octanol–water partition coefficient (Wildman–Crippen LogP) is 3.52. The molecule has 2 aromatic carbocycles. The van der Waals surface area contributed by atoms with Crippen LogP contribution in [0.15, 0.2) is 81.2 Å². The van der Waals surface area contributed by atoms with Gasteiger partial charge in [-0.15, -0.1) is 0 Å². The molecule has 32 heavy (non-hydrogen) atoms. The van der Waals surface area contributed by atoms with Gasteiger partial charge in [0.05, 0.1) is 17.0 Å². The maximum atomic E-state index is 13.4. The van der Waals surface area contributed by atoms with Crippen molar-refractivity contribution >= 4 is 42.8 Å². The number of amides is 1. The van der Waals surface area contributed by atoms with Crippen LogP contribution in [0.2, 0.25) is 0 Å². The highest BCUT2D eigenvalue weighted by Gasteiger charge is 2.21. The van der Waals surface area contributed by atoms with Crippen LogP contribution in [0.4, 0.5) is 0 Å². The SMILES string of the molecule is CNC(=O)c1cc(Br)cn(Cc2cccc3ccn(S(=O)(=O)c4ccc(C)cc4)c23)c1=O. The van der Waals surface area contributed by atoms with E-state index in [1.54, 1.807) is 42.6 Å². The first-order valence-electron chi connectivity index (χ1n) is 9.75. The second kappa shape index (κ2) is 8.40. The quantitative estimate of drug-likeness (QED) is 0.442. The third-order valence-corrected chi connectivity index (χ3v) is 7.33. The highest BCUT2D eigenvalue weighted by Crippen LogP contribution is 2.26. The Labute approximate surface area is 193 Å². The zero-order valence-corrected chi connectivity index (χ0v) is 19.8. The molecule has 0 saturated heterocycles. The van der Waals surface area contributed by atoms with E-state index < -0.39 is 21.5 Å². The summed E-state index contributed by atoms with van der Waals surface area (Å²) in [7, 11) is -2.39. The Balaban J connectivity index is 1.87. The summed E-state index contributed by atoms with van der Waals surface area (Å²) in [5.41, 5.74) is 1.61. The van der Waals surface area contributed by atoms with Gasteiger partial charge in [0.15, 0.2) is 0 Å². The van der Waals surface area contributed by atoms with Crippen molar-refractivity contribution in [2.45, 2.75) is 18.4 Å². The summed E-state index contributed by atoms with van der Waals surface area (Å²) in [6.07, 6.45) is 3.10. The van der Waals surface area contributed by atoms with Crippen molar-refractivity contribution in [2.24, 2.45) is 0 Å². The number of aryl methyl sites for hydroxylation is 1. The van der Waals surface area contributed by atoms with Crippen LogP contribution < -0.4 is 10.9 Å². The number of halogens is 1. The van der Waals surface area contributed by atoms with Gasteiger partial charge in [0.25, 0.3) is 21.5 Å². The van der Waals surface area contributed by atoms with Crippen LogP contribution in [-0.4, -0.2) is 29.9 Å². The molecule has 0 aliphatic carbocycles. The first-order valence-corrected chi connectivity index (χ1v) is 12.0. The molecule has 1 N–H and O–H groups in total. The molecule has 2 heterocycles. The molecule has 0 aliphatic heterocycles. The fourth-order valence-electron chi connectivity index (χ4n) is 3.59. The molecule has 0 saturated carbocycles. The van der Waals surface area contributed by atoms with Gasteiger partial charge in [0.2, 0.25) is 0 Å². The first-order chi connectivity index (χ1) is 15.2. The molecular weight excluding hydrogens is 494 g/mol. The average molecular weight is 514 g/mol. The Bertz CT molecular complexity index is 1500. The van der Waals surface area contributed by atoms with E-state index in [4.69, 9.17) is 0 Å². The van der Waals surface area contributed by atoms with Gasteiger partial charge in [-0.2, -0.15) is 0 Å². The second-order valence-corrected chi connectivity index (χ2v) is 10.1. The fraction of sp³-hybridized carbons (Fsp3) is 0.130. The zero-order chi connectivity index (χ0) is 23.0. The molecule has 4 aromatic rings. The second-order valence-electron chi connectivity index (χ2n) is 7.37. The van der Waals surface area contributed by atoms with Crippen LogP contribution in [0.3, 0.4) is 0 Å². The minimum atomic E-state index is -3.84. The van der Waals surface area contributed by atoms with Gasteiger partial charge in [0.1, 0.15) is 5.56 Å². The van der Waals surface area contributed by atoms with Gasteiger partial charge in [-0.3, -0.25) is 9.59 Å². The van der Waals surface area contributed by atoms with Crippen LogP contribution in [0.5, 0.6) is 0 Å². The highest BCUT2D eigenvalue weighted by molar-refractivity contribution is 9.10. The number of hydrogen-bond acceptors (Lipinski definition) is 4. The number of fused-ring (bicyclic) bond motifs is 1. The fourth-order valence-corrected chi connectivity index (χ4v) is 5.45. The molecular formula is C23H20BrN3O4S. The molecule has 0 unspecified atom stereocenters. The van der Waals surface area contributed by atoms with Crippen LogP contribution in [0, 0.1) is 6.92 Å². The third-order valence-electron chi connectivity index (χ3n) is 5.20. The summed E-state index contributed by atoms with van der Waals surface area (Å²) in [4.78, 5) is 25.2. The summed E-state index contributed by atoms with van der Waals surface area (Å²) < 4.78 is 29.9. The summed E-state index contributed by atoms with van der Waals surface area (Å²) in [6.45, 7) is 1.98. The Hall–Kier alpha value is -3.17. The van der Waals surface area contributed by atoms with Crippen LogP contribution >= 0.6 is 15.9 Å². The largest absolute Gasteiger partial charge is 0.355 e. The number of aromatic nitrogens is 2. The Morgan fingerprint density at radius 2 is 1.81 bits per heavy atom. The van der Waals surface area contributed by atoms with Crippen LogP contribution in [0.1, 0.15) is 21.5 Å². The van der Waals surface area contributed by atoms with Crippen molar-refractivity contribution in [3.63, 3.8) is 0 Å². The monoisotopic (exact) mass is 513 g/mol. The minimum absolute atomic E-state index is 0.00305. The highest BCUT2D eigenvalue weighted by atomic mass is 79.9. The van der Waals surface area contributed by atoms with Crippen molar-refractivity contribution in [3.8, 4) is 0 Å². The smallest absolute Gasteiger partial charge is 0.268 e. The molecule has 0 atom stereocenters. The topological polar surface area (TPSA) is 90.2 Å². The van der Waals surface area contributed by atoms with Crippen molar-refractivity contribution in [2.75, 3.05) is 7.05 Å². The summed E-state index contributed by atoms with van der Waals surface area (Å²) in [5.74, 6) is -0.492. The maximum absolute atomic E-state index is 13.4. The van der Waals surface area contributed by atoms with Gasteiger partial charge >= 0.3 is 0 Å². The molecule has 1 amide bonds. The lowest BCUT2D eigenvalue weighted by Crippen LogP contribution is -2.31. The Morgan fingerprint density at radius 3 is 2.50 bits per heavy atom. The van der Waals surface area contributed by atoms with Crippen molar-refractivity contribution in [1.82, 2.24) is 13.9 Å². The van der Waals surface area contributed by atoms with Gasteiger partial charge in [-0.1, -0.05) is 35.9 Å². The number of carbonyl (C=O) groups is 1. The lowest BCUT2D eigenvalue weighted by molar-refractivity contribution is 0.0961. The Morgan fingerprint density at radius 1 is 1.09 bits per heavy atom. The van der Waals surface area contributed by atoms with Crippen molar-refractivity contribution in [3.05, 3.63) is 98.5 Å². The third kappa shape index (κ3) is 3.89. The number of nitrogens with one attached hydrogen (secondary N) is 1. The lowest BCUT2D eigenvalue weighted by atomic mass is 10.1. The van der Waals surface area contributed by atoms with Gasteiger partial charge in [-0.05, 0) is 52.7 Å². The number of para-hydroxylation sites is 1. The standard InChI is InChI=1S/C23H20BrN3O4S/c1-15-6-8-19(9-7-15)32(30,31)27-11-10-16-4-3-5-17(21(16)27)13-26-14-18(24)12-20(23(26)29)22(28)25-2/h3-12,14H,13H2,1-2H3,(H,25,28). The average Bonchev–Trinajstić information content (AvgIpc) is 3.22. The molecule has 7 nitrogen and oxygen atoms in total.